The highest BCUT2D eigenvalue weighted by molar-refractivity contribution is 6.31. The number of hydrogen-bond donors (Lipinski definition) is 1. The number of carbonyl (C=O) groups is 2. The maximum atomic E-state index is 13.4. The number of ketones is 1. The predicted octanol–water partition coefficient (Wildman–Crippen LogP) is 5.25. The van der Waals surface area contributed by atoms with Gasteiger partial charge in [-0.15, -0.1) is 0 Å². The molecule has 0 aliphatic carbocycles. The summed E-state index contributed by atoms with van der Waals surface area (Å²) in [5.74, 6) is -1.62. The largest absolute Gasteiger partial charge is 0.503 e. The summed E-state index contributed by atoms with van der Waals surface area (Å²) in [4.78, 5) is 32.1. The minimum absolute atomic E-state index is 0.0136. The van der Waals surface area contributed by atoms with E-state index in [-0.39, 0.29) is 11.3 Å². The molecule has 1 unspecified atom stereocenters. The lowest BCUT2D eigenvalue weighted by Crippen LogP contribution is -2.32. The smallest absolute Gasteiger partial charge is 0.290 e. The van der Waals surface area contributed by atoms with E-state index in [9.17, 15) is 14.7 Å². The number of furan rings is 1. The number of aliphatic hydroxyl groups is 1. The Morgan fingerprint density at radius 1 is 1.23 bits per heavy atom. The molecule has 0 fully saturated rings. The topological polar surface area (TPSA) is 83.6 Å². The van der Waals surface area contributed by atoms with E-state index < -0.39 is 23.5 Å². The minimum atomic E-state index is -0.764. The number of aromatic nitrogens is 1. The van der Waals surface area contributed by atoms with Gasteiger partial charge >= 0.3 is 0 Å². The van der Waals surface area contributed by atoms with Crippen molar-refractivity contribution in [3.63, 3.8) is 0 Å². The maximum Gasteiger partial charge on any atom is 0.290 e. The summed E-state index contributed by atoms with van der Waals surface area (Å²) in [5.41, 5.74) is 1.01. The molecule has 0 bridgehead atoms. The molecule has 2 aromatic heterocycles. The maximum absolute atomic E-state index is 13.4. The Bertz CT molecular complexity index is 1140. The van der Waals surface area contributed by atoms with Gasteiger partial charge < -0.3 is 14.4 Å². The first kappa shape index (κ1) is 20.2. The molecule has 30 heavy (non-hydrogen) atoms. The van der Waals surface area contributed by atoms with Crippen LogP contribution in [0.3, 0.4) is 0 Å². The quantitative estimate of drug-likeness (QED) is 0.413. The Kier molecular flexibility index (Phi) is 5.59. The van der Waals surface area contributed by atoms with E-state index in [1.165, 1.54) is 4.90 Å². The summed E-state index contributed by atoms with van der Waals surface area (Å²) >= 11 is 6.02. The number of amides is 1. The van der Waals surface area contributed by atoms with Crippen molar-refractivity contribution in [1.82, 2.24) is 9.88 Å². The molecule has 1 atom stereocenters. The molecule has 1 aliphatic rings. The fourth-order valence-corrected chi connectivity index (χ4v) is 3.93. The van der Waals surface area contributed by atoms with Gasteiger partial charge in [0, 0.05) is 23.2 Å². The monoisotopic (exact) mass is 424 g/mol. The average molecular weight is 425 g/mol. The first-order chi connectivity index (χ1) is 14.5. The summed E-state index contributed by atoms with van der Waals surface area (Å²) < 4.78 is 5.70. The first-order valence-corrected chi connectivity index (χ1v) is 10.3. The second-order valence-corrected chi connectivity index (χ2v) is 7.68. The molecule has 1 N–H and O–H groups in total. The van der Waals surface area contributed by atoms with Crippen LogP contribution in [-0.4, -0.2) is 33.2 Å². The zero-order valence-electron chi connectivity index (χ0n) is 16.5. The van der Waals surface area contributed by atoms with Crippen LogP contribution >= 0.6 is 11.6 Å². The highest BCUT2D eigenvalue weighted by atomic mass is 35.5. The van der Waals surface area contributed by atoms with E-state index in [4.69, 9.17) is 16.0 Å². The van der Waals surface area contributed by atoms with E-state index in [0.29, 0.717) is 28.2 Å². The Labute approximate surface area is 178 Å². The standard InChI is InChI=1S/C23H21ClN2O4/c1-2-3-6-11-26-20(16-7-4-5-10-25-16)19(22(28)23(26)29)21(27)18-13-14-12-15(24)8-9-17(14)30-18/h4-5,7-10,12-13,20,28H,2-3,6,11H2,1H3. The number of halogens is 1. The molecule has 1 amide bonds. The van der Waals surface area contributed by atoms with Crippen LogP contribution in [0, 0.1) is 0 Å². The van der Waals surface area contributed by atoms with Crippen LogP contribution in [-0.2, 0) is 4.79 Å². The SMILES string of the molecule is CCCCCN1C(=O)C(O)=C(C(=O)c2cc3cc(Cl)ccc3o2)C1c1ccccn1. The van der Waals surface area contributed by atoms with Crippen molar-refractivity contribution in [3.05, 3.63) is 76.5 Å². The van der Waals surface area contributed by atoms with Crippen LogP contribution in [0.4, 0.5) is 0 Å². The predicted molar refractivity (Wildman–Crippen MR) is 113 cm³/mol. The van der Waals surface area contributed by atoms with Crippen LogP contribution in [0.1, 0.15) is 48.5 Å². The molecular weight excluding hydrogens is 404 g/mol. The van der Waals surface area contributed by atoms with Gasteiger partial charge in [-0.3, -0.25) is 14.6 Å². The van der Waals surface area contributed by atoms with Crippen molar-refractivity contribution in [2.45, 2.75) is 32.2 Å². The van der Waals surface area contributed by atoms with Crippen LogP contribution in [0.25, 0.3) is 11.0 Å². The third-order valence-electron chi connectivity index (χ3n) is 5.22. The molecule has 1 aromatic carbocycles. The molecule has 0 saturated heterocycles. The molecule has 3 heterocycles. The van der Waals surface area contributed by atoms with Crippen LogP contribution in [0.2, 0.25) is 5.02 Å². The second kappa shape index (κ2) is 8.32. The summed E-state index contributed by atoms with van der Waals surface area (Å²) in [5, 5.41) is 11.8. The summed E-state index contributed by atoms with van der Waals surface area (Å²) in [6.45, 7) is 2.49. The lowest BCUT2D eigenvalue weighted by molar-refractivity contribution is -0.129. The molecule has 0 spiro atoms. The van der Waals surface area contributed by atoms with E-state index in [2.05, 4.69) is 11.9 Å². The number of hydrogen-bond acceptors (Lipinski definition) is 5. The van der Waals surface area contributed by atoms with Crippen molar-refractivity contribution in [2.75, 3.05) is 6.54 Å². The Morgan fingerprint density at radius 3 is 2.80 bits per heavy atom. The Balaban J connectivity index is 1.76. The molecule has 0 saturated carbocycles. The highest BCUT2D eigenvalue weighted by Gasteiger charge is 2.44. The average Bonchev–Trinajstić information content (AvgIpc) is 3.28. The van der Waals surface area contributed by atoms with Crippen LogP contribution in [0.5, 0.6) is 0 Å². The van der Waals surface area contributed by atoms with Gasteiger partial charge in [0.15, 0.2) is 11.5 Å². The van der Waals surface area contributed by atoms with E-state index in [1.54, 1.807) is 48.7 Å². The molecule has 3 aromatic rings. The molecule has 0 radical (unpaired) electrons. The molecule has 7 heteroatoms. The van der Waals surface area contributed by atoms with Gasteiger partial charge in [0.25, 0.3) is 5.91 Å². The number of benzene rings is 1. The molecule has 154 valence electrons. The zero-order chi connectivity index (χ0) is 21.3. The van der Waals surface area contributed by atoms with Gasteiger partial charge in [0.2, 0.25) is 5.78 Å². The molecule has 4 rings (SSSR count). The summed E-state index contributed by atoms with van der Waals surface area (Å²) in [7, 11) is 0. The number of Topliss-reactive ketones (excluding diaryl/α,β-unsaturated/α-hetero) is 1. The van der Waals surface area contributed by atoms with Gasteiger partial charge in [-0.1, -0.05) is 37.4 Å². The number of aliphatic hydroxyl groups excluding tert-OH is 1. The van der Waals surface area contributed by atoms with Gasteiger partial charge in [-0.05, 0) is 42.8 Å². The lowest BCUT2D eigenvalue weighted by Gasteiger charge is -2.25. The first-order valence-electron chi connectivity index (χ1n) is 9.90. The summed E-state index contributed by atoms with van der Waals surface area (Å²) in [6, 6.07) is 11.1. The molecule has 1 aliphatic heterocycles. The van der Waals surface area contributed by atoms with Crippen molar-refractivity contribution in [3.8, 4) is 0 Å². The highest BCUT2D eigenvalue weighted by Crippen LogP contribution is 2.39. The van der Waals surface area contributed by atoms with Crippen LogP contribution in [0.15, 0.2) is 64.4 Å². The van der Waals surface area contributed by atoms with Crippen molar-refractivity contribution in [1.29, 1.82) is 0 Å². The number of carbonyl (C=O) groups excluding carboxylic acids is 2. The third kappa shape index (κ3) is 3.59. The number of pyridine rings is 1. The van der Waals surface area contributed by atoms with Crippen molar-refractivity contribution < 1.29 is 19.1 Å². The zero-order valence-corrected chi connectivity index (χ0v) is 17.2. The fraction of sp³-hybridized carbons (Fsp3) is 0.261. The minimum Gasteiger partial charge on any atom is -0.503 e. The van der Waals surface area contributed by atoms with Gasteiger partial charge in [0.1, 0.15) is 11.6 Å². The van der Waals surface area contributed by atoms with Gasteiger partial charge in [-0.2, -0.15) is 0 Å². The number of fused-ring (bicyclic) bond motifs is 1. The number of nitrogens with zero attached hydrogens (tertiary/aromatic N) is 2. The molecule has 6 nitrogen and oxygen atoms in total. The van der Waals surface area contributed by atoms with Crippen molar-refractivity contribution >= 4 is 34.3 Å². The normalized spacial score (nSPS) is 16.7. The van der Waals surface area contributed by atoms with Gasteiger partial charge in [-0.25, -0.2) is 0 Å². The fourth-order valence-electron chi connectivity index (χ4n) is 3.75. The second-order valence-electron chi connectivity index (χ2n) is 7.25. The Hall–Kier alpha value is -3.12. The Morgan fingerprint density at radius 2 is 2.07 bits per heavy atom. The van der Waals surface area contributed by atoms with Gasteiger partial charge in [0.05, 0.1) is 11.3 Å². The van der Waals surface area contributed by atoms with E-state index >= 15 is 0 Å². The third-order valence-corrected chi connectivity index (χ3v) is 5.46. The van der Waals surface area contributed by atoms with Crippen LogP contribution < -0.4 is 0 Å². The summed E-state index contributed by atoms with van der Waals surface area (Å²) in [6.07, 6.45) is 4.30. The molecular formula is C23H21ClN2O4. The number of unbranched alkanes of at least 4 members (excludes halogenated alkanes) is 2. The number of rotatable bonds is 7. The van der Waals surface area contributed by atoms with E-state index in [1.807, 2.05) is 0 Å². The van der Waals surface area contributed by atoms with E-state index in [0.717, 1.165) is 19.3 Å². The van der Waals surface area contributed by atoms with Crippen molar-refractivity contribution in [2.24, 2.45) is 0 Å². The lowest BCUT2D eigenvalue weighted by atomic mass is 9.98.